The summed E-state index contributed by atoms with van der Waals surface area (Å²) >= 11 is 1.74. The quantitative estimate of drug-likeness (QED) is 0.907. The number of nitrogens with zero attached hydrogens (tertiary/aromatic N) is 1. The van der Waals surface area contributed by atoms with Crippen LogP contribution in [0.3, 0.4) is 0 Å². The summed E-state index contributed by atoms with van der Waals surface area (Å²) < 4.78 is 0. The van der Waals surface area contributed by atoms with Crippen molar-refractivity contribution in [3.05, 3.63) is 22.4 Å². The molecule has 1 aliphatic heterocycles. The van der Waals surface area contributed by atoms with Gasteiger partial charge < -0.3 is 4.90 Å². The minimum atomic E-state index is 0.0231. The molecule has 98 valence electrons. The zero-order valence-electron chi connectivity index (χ0n) is 10.9. The number of thiophene rings is 1. The maximum atomic E-state index is 12.5. The molecule has 2 fully saturated rings. The molecule has 1 aromatic heterocycles. The lowest BCUT2D eigenvalue weighted by Crippen LogP contribution is -2.33. The maximum Gasteiger partial charge on any atom is 0.241 e. The van der Waals surface area contributed by atoms with Gasteiger partial charge in [0.15, 0.2) is 0 Å². The van der Waals surface area contributed by atoms with Crippen molar-refractivity contribution in [1.29, 1.82) is 0 Å². The van der Waals surface area contributed by atoms with Gasteiger partial charge in [0.1, 0.15) is 6.17 Å². The van der Waals surface area contributed by atoms with Crippen LogP contribution >= 0.6 is 11.3 Å². The van der Waals surface area contributed by atoms with Crippen LogP contribution < -0.4 is 5.32 Å². The number of hydrogen-bond acceptors (Lipinski definition) is 3. The fourth-order valence-corrected chi connectivity index (χ4v) is 3.64. The van der Waals surface area contributed by atoms with Gasteiger partial charge in [-0.1, -0.05) is 26.3 Å². The minimum absolute atomic E-state index is 0.0231. The molecule has 18 heavy (non-hydrogen) atoms. The Morgan fingerprint density at radius 3 is 2.89 bits per heavy atom. The molecule has 0 aromatic carbocycles. The third-order valence-corrected chi connectivity index (χ3v) is 4.93. The first-order chi connectivity index (χ1) is 8.72. The van der Waals surface area contributed by atoms with Gasteiger partial charge in [-0.05, 0) is 30.2 Å². The van der Waals surface area contributed by atoms with Gasteiger partial charge >= 0.3 is 0 Å². The molecule has 2 aliphatic rings. The Labute approximate surface area is 112 Å². The smallest absolute Gasteiger partial charge is 0.241 e. The van der Waals surface area contributed by atoms with E-state index in [2.05, 4.69) is 41.6 Å². The van der Waals surface area contributed by atoms with Gasteiger partial charge in [-0.3, -0.25) is 10.1 Å². The number of amides is 1. The Balaban J connectivity index is 1.84. The van der Waals surface area contributed by atoms with E-state index in [-0.39, 0.29) is 12.2 Å². The summed E-state index contributed by atoms with van der Waals surface area (Å²) in [5.41, 5.74) is 0. The maximum absolute atomic E-state index is 12.5. The van der Waals surface area contributed by atoms with Crippen molar-refractivity contribution >= 4 is 17.2 Å². The highest BCUT2D eigenvalue weighted by molar-refractivity contribution is 7.10. The fourth-order valence-electron chi connectivity index (χ4n) is 2.86. The van der Waals surface area contributed by atoms with Crippen molar-refractivity contribution in [1.82, 2.24) is 10.2 Å². The SMILES string of the molecule is CCCC1NC(c2cccs2)N(C2CC2C)C1=O. The lowest BCUT2D eigenvalue weighted by Gasteiger charge is -2.23. The Bertz CT molecular complexity index is 431. The largest absolute Gasteiger partial charge is 0.317 e. The van der Waals surface area contributed by atoms with Crippen molar-refractivity contribution in [2.24, 2.45) is 5.92 Å². The van der Waals surface area contributed by atoms with E-state index in [4.69, 9.17) is 0 Å². The van der Waals surface area contributed by atoms with Crippen LogP contribution in [-0.2, 0) is 4.79 Å². The summed E-state index contributed by atoms with van der Waals surface area (Å²) in [4.78, 5) is 15.9. The Hall–Kier alpha value is -0.870. The number of carbonyl (C=O) groups is 1. The summed E-state index contributed by atoms with van der Waals surface area (Å²) in [6, 6.07) is 4.67. The zero-order chi connectivity index (χ0) is 12.7. The van der Waals surface area contributed by atoms with E-state index in [1.54, 1.807) is 11.3 Å². The summed E-state index contributed by atoms with van der Waals surface area (Å²) in [5, 5.41) is 5.61. The molecule has 0 bridgehead atoms. The van der Waals surface area contributed by atoms with Gasteiger partial charge in [-0.15, -0.1) is 11.3 Å². The van der Waals surface area contributed by atoms with Gasteiger partial charge in [0, 0.05) is 10.9 Å². The minimum Gasteiger partial charge on any atom is -0.317 e. The second-order valence-corrected chi connectivity index (χ2v) is 6.43. The summed E-state index contributed by atoms with van der Waals surface area (Å²) in [5.74, 6) is 0.975. The average Bonchev–Trinajstić information content (AvgIpc) is 2.82. The summed E-state index contributed by atoms with van der Waals surface area (Å²) in [7, 11) is 0. The number of rotatable bonds is 4. The Morgan fingerprint density at radius 1 is 1.56 bits per heavy atom. The van der Waals surface area contributed by atoms with Crippen LogP contribution in [-0.4, -0.2) is 22.9 Å². The molecule has 1 saturated heterocycles. The number of hydrogen-bond donors (Lipinski definition) is 1. The van der Waals surface area contributed by atoms with Crippen LogP contribution in [0.4, 0.5) is 0 Å². The van der Waals surface area contributed by atoms with Crippen LogP contribution in [0.5, 0.6) is 0 Å². The van der Waals surface area contributed by atoms with Gasteiger partial charge in [-0.2, -0.15) is 0 Å². The van der Waals surface area contributed by atoms with Crippen LogP contribution in [0.15, 0.2) is 17.5 Å². The summed E-state index contributed by atoms with van der Waals surface area (Å²) in [6.07, 6.45) is 3.27. The van der Waals surface area contributed by atoms with Crippen LogP contribution in [0.2, 0.25) is 0 Å². The van der Waals surface area contributed by atoms with Gasteiger partial charge in [0.25, 0.3) is 0 Å². The van der Waals surface area contributed by atoms with E-state index < -0.39 is 0 Å². The molecule has 1 N–H and O–H groups in total. The van der Waals surface area contributed by atoms with Crippen LogP contribution in [0.1, 0.15) is 44.2 Å². The molecule has 0 spiro atoms. The normalized spacial score (nSPS) is 35.2. The monoisotopic (exact) mass is 264 g/mol. The first-order valence-electron chi connectivity index (χ1n) is 6.84. The predicted octanol–water partition coefficient (Wildman–Crippen LogP) is 2.76. The molecule has 3 rings (SSSR count). The Kier molecular flexibility index (Phi) is 3.16. The number of nitrogens with one attached hydrogen (secondary N) is 1. The van der Waals surface area contributed by atoms with Crippen LogP contribution in [0.25, 0.3) is 0 Å². The van der Waals surface area contributed by atoms with Crippen molar-refractivity contribution in [2.45, 2.75) is 51.4 Å². The zero-order valence-corrected chi connectivity index (χ0v) is 11.7. The molecular weight excluding hydrogens is 244 g/mol. The molecule has 0 radical (unpaired) electrons. The topological polar surface area (TPSA) is 32.3 Å². The van der Waals surface area contributed by atoms with E-state index in [9.17, 15) is 4.79 Å². The number of carbonyl (C=O) groups excluding carboxylic acids is 1. The Morgan fingerprint density at radius 2 is 2.33 bits per heavy atom. The highest BCUT2D eigenvalue weighted by atomic mass is 32.1. The van der Waals surface area contributed by atoms with E-state index in [0.29, 0.717) is 17.9 Å². The van der Waals surface area contributed by atoms with Gasteiger partial charge in [-0.25, -0.2) is 0 Å². The second kappa shape index (κ2) is 4.67. The van der Waals surface area contributed by atoms with E-state index in [1.165, 1.54) is 4.88 Å². The van der Waals surface area contributed by atoms with Crippen molar-refractivity contribution in [3.63, 3.8) is 0 Å². The lowest BCUT2D eigenvalue weighted by molar-refractivity contribution is -0.130. The van der Waals surface area contributed by atoms with Crippen molar-refractivity contribution in [2.75, 3.05) is 0 Å². The highest BCUT2D eigenvalue weighted by Gasteiger charge is 2.50. The molecule has 1 aliphatic carbocycles. The first-order valence-corrected chi connectivity index (χ1v) is 7.72. The molecule has 4 heteroatoms. The molecule has 1 aromatic rings. The van der Waals surface area contributed by atoms with Gasteiger partial charge in [0.2, 0.25) is 5.91 Å². The molecule has 3 nitrogen and oxygen atoms in total. The molecular formula is C14H20N2OS. The third-order valence-electron chi connectivity index (χ3n) is 4.00. The molecule has 1 saturated carbocycles. The molecule has 1 amide bonds. The average molecular weight is 264 g/mol. The third kappa shape index (κ3) is 1.97. The molecule has 4 unspecified atom stereocenters. The van der Waals surface area contributed by atoms with E-state index >= 15 is 0 Å². The highest BCUT2D eigenvalue weighted by Crippen LogP contribution is 2.43. The fraction of sp³-hybridized carbons (Fsp3) is 0.643. The first kappa shape index (κ1) is 12.2. The lowest BCUT2D eigenvalue weighted by atomic mass is 10.2. The van der Waals surface area contributed by atoms with E-state index in [0.717, 1.165) is 19.3 Å². The van der Waals surface area contributed by atoms with Crippen molar-refractivity contribution in [3.8, 4) is 0 Å². The van der Waals surface area contributed by atoms with Gasteiger partial charge in [0.05, 0.1) is 6.04 Å². The molecule has 4 atom stereocenters. The van der Waals surface area contributed by atoms with Crippen LogP contribution in [0, 0.1) is 5.92 Å². The standard InChI is InChI=1S/C14H20N2OS/c1-3-5-10-14(17)16(11-8-9(11)2)13(15-10)12-6-4-7-18-12/h4,6-7,9-11,13,15H,3,5,8H2,1-2H3. The predicted molar refractivity (Wildman–Crippen MR) is 73.3 cm³/mol. The van der Waals surface area contributed by atoms with Crippen molar-refractivity contribution < 1.29 is 4.79 Å². The second-order valence-electron chi connectivity index (χ2n) is 5.45. The molecule has 2 heterocycles. The summed E-state index contributed by atoms with van der Waals surface area (Å²) in [6.45, 7) is 4.37. The van der Waals surface area contributed by atoms with E-state index in [1.807, 2.05) is 0 Å².